The maximum Gasteiger partial charge on any atom is 0.335 e. The van der Waals surface area contributed by atoms with Gasteiger partial charge in [-0.25, -0.2) is 4.79 Å². The van der Waals surface area contributed by atoms with Crippen LogP contribution >= 0.6 is 0 Å². The molecular formula is C16H21NO3. The van der Waals surface area contributed by atoms with Crippen molar-refractivity contribution >= 4 is 11.8 Å². The molecule has 4 heteroatoms. The third-order valence-corrected chi connectivity index (χ3v) is 3.89. The predicted octanol–water partition coefficient (Wildman–Crippen LogP) is 2.75. The van der Waals surface area contributed by atoms with E-state index in [4.69, 9.17) is 5.11 Å². The van der Waals surface area contributed by atoms with Crippen molar-refractivity contribution in [3.8, 4) is 0 Å². The molecule has 0 amide bonds. The predicted molar refractivity (Wildman–Crippen MR) is 77.4 cm³/mol. The summed E-state index contributed by atoms with van der Waals surface area (Å²) in [6.45, 7) is 4.66. The fourth-order valence-corrected chi connectivity index (χ4v) is 2.61. The number of rotatable bonds is 5. The van der Waals surface area contributed by atoms with E-state index in [2.05, 4.69) is 4.90 Å². The molecule has 0 aromatic heterocycles. The highest BCUT2D eigenvalue weighted by Crippen LogP contribution is 2.14. The van der Waals surface area contributed by atoms with Gasteiger partial charge in [0, 0.05) is 18.5 Å². The highest BCUT2D eigenvalue weighted by atomic mass is 16.4. The molecule has 0 spiro atoms. The van der Waals surface area contributed by atoms with Crippen molar-refractivity contribution in [1.82, 2.24) is 4.90 Å². The van der Waals surface area contributed by atoms with Gasteiger partial charge in [0.15, 0.2) is 5.78 Å². The minimum atomic E-state index is -0.979. The van der Waals surface area contributed by atoms with Crippen LogP contribution in [0.15, 0.2) is 18.2 Å². The Morgan fingerprint density at radius 2 is 1.90 bits per heavy atom. The van der Waals surface area contributed by atoms with Gasteiger partial charge in [-0.3, -0.25) is 4.79 Å². The molecule has 1 aromatic rings. The van der Waals surface area contributed by atoms with E-state index in [1.54, 1.807) is 19.1 Å². The molecule has 1 aliphatic heterocycles. The van der Waals surface area contributed by atoms with E-state index in [1.807, 2.05) is 0 Å². The summed E-state index contributed by atoms with van der Waals surface area (Å²) in [4.78, 5) is 25.5. The number of carboxylic acids is 1. The van der Waals surface area contributed by atoms with Gasteiger partial charge in [-0.05, 0) is 44.5 Å². The van der Waals surface area contributed by atoms with Crippen LogP contribution in [-0.2, 0) is 0 Å². The van der Waals surface area contributed by atoms with E-state index >= 15 is 0 Å². The standard InChI is InChI=1S/C16H21NO3/c1-12-5-6-13(11-14(12)16(19)20)15(18)7-10-17-8-3-2-4-9-17/h5-6,11H,2-4,7-10H2,1H3,(H,19,20). The smallest absolute Gasteiger partial charge is 0.335 e. The summed E-state index contributed by atoms with van der Waals surface area (Å²) in [6.07, 6.45) is 4.16. The number of aromatic carboxylic acids is 1. The molecule has 108 valence electrons. The molecule has 1 N–H and O–H groups in total. The normalized spacial score (nSPS) is 16.1. The number of likely N-dealkylation sites (tertiary alicyclic amines) is 1. The number of nitrogens with zero attached hydrogens (tertiary/aromatic N) is 1. The van der Waals surface area contributed by atoms with Crippen molar-refractivity contribution in [1.29, 1.82) is 0 Å². The first-order chi connectivity index (χ1) is 9.58. The first kappa shape index (κ1) is 14.7. The van der Waals surface area contributed by atoms with Crippen molar-refractivity contribution in [2.75, 3.05) is 19.6 Å². The van der Waals surface area contributed by atoms with Crippen LogP contribution < -0.4 is 0 Å². The van der Waals surface area contributed by atoms with Gasteiger partial charge < -0.3 is 10.0 Å². The quantitative estimate of drug-likeness (QED) is 0.839. The molecule has 1 saturated heterocycles. The van der Waals surface area contributed by atoms with Crippen LogP contribution in [0, 0.1) is 6.92 Å². The van der Waals surface area contributed by atoms with Crippen molar-refractivity contribution in [3.63, 3.8) is 0 Å². The Labute approximate surface area is 119 Å². The first-order valence-electron chi connectivity index (χ1n) is 7.17. The van der Waals surface area contributed by atoms with Gasteiger partial charge in [0.1, 0.15) is 0 Å². The maximum atomic E-state index is 12.2. The lowest BCUT2D eigenvalue weighted by Gasteiger charge is -2.25. The van der Waals surface area contributed by atoms with Gasteiger partial charge in [0.2, 0.25) is 0 Å². The molecule has 1 heterocycles. The van der Waals surface area contributed by atoms with Crippen LogP contribution in [0.3, 0.4) is 0 Å². The number of aryl methyl sites for hydroxylation is 1. The van der Waals surface area contributed by atoms with Gasteiger partial charge >= 0.3 is 5.97 Å². The molecule has 0 unspecified atom stereocenters. The molecule has 0 saturated carbocycles. The lowest BCUT2D eigenvalue weighted by atomic mass is 10.0. The highest BCUT2D eigenvalue weighted by molar-refractivity contribution is 5.99. The van der Waals surface area contributed by atoms with Crippen molar-refractivity contribution in [2.24, 2.45) is 0 Å². The second-order valence-electron chi connectivity index (χ2n) is 5.41. The van der Waals surface area contributed by atoms with Crippen LogP contribution in [0.5, 0.6) is 0 Å². The molecule has 1 fully saturated rings. The number of ketones is 1. The largest absolute Gasteiger partial charge is 0.478 e. The van der Waals surface area contributed by atoms with E-state index in [0.717, 1.165) is 19.6 Å². The monoisotopic (exact) mass is 275 g/mol. The fourth-order valence-electron chi connectivity index (χ4n) is 2.61. The maximum absolute atomic E-state index is 12.2. The molecule has 1 aromatic carbocycles. The molecule has 20 heavy (non-hydrogen) atoms. The summed E-state index contributed by atoms with van der Waals surface area (Å²) in [5.41, 5.74) is 1.41. The van der Waals surface area contributed by atoms with E-state index in [9.17, 15) is 9.59 Å². The van der Waals surface area contributed by atoms with Gasteiger partial charge in [-0.1, -0.05) is 18.6 Å². The molecule has 4 nitrogen and oxygen atoms in total. The van der Waals surface area contributed by atoms with E-state index in [0.29, 0.717) is 17.5 Å². The lowest BCUT2D eigenvalue weighted by Crippen LogP contribution is -2.31. The van der Waals surface area contributed by atoms with Gasteiger partial charge in [0.25, 0.3) is 0 Å². The molecule has 0 aliphatic carbocycles. The molecule has 0 atom stereocenters. The topological polar surface area (TPSA) is 57.6 Å². The molecule has 0 bridgehead atoms. The van der Waals surface area contributed by atoms with Crippen LogP contribution in [0.2, 0.25) is 0 Å². The highest BCUT2D eigenvalue weighted by Gasteiger charge is 2.15. The third-order valence-electron chi connectivity index (χ3n) is 3.89. The molecule has 1 aliphatic rings. The van der Waals surface area contributed by atoms with Crippen LogP contribution in [0.1, 0.15) is 52.0 Å². The SMILES string of the molecule is Cc1ccc(C(=O)CCN2CCCCC2)cc1C(=O)O. The Bertz CT molecular complexity index is 504. The summed E-state index contributed by atoms with van der Waals surface area (Å²) in [5.74, 6) is -0.953. The van der Waals surface area contributed by atoms with Crippen LogP contribution in [0.25, 0.3) is 0 Å². The number of carbonyl (C=O) groups is 2. The zero-order chi connectivity index (χ0) is 14.5. The summed E-state index contributed by atoms with van der Waals surface area (Å²) >= 11 is 0. The summed E-state index contributed by atoms with van der Waals surface area (Å²) in [6, 6.07) is 4.92. The number of Topliss-reactive ketones (excluding diaryl/α,β-unsaturated/α-hetero) is 1. The second kappa shape index (κ2) is 6.66. The number of piperidine rings is 1. The van der Waals surface area contributed by atoms with Crippen LogP contribution in [0.4, 0.5) is 0 Å². The summed E-state index contributed by atoms with van der Waals surface area (Å²) in [7, 11) is 0. The zero-order valence-corrected chi connectivity index (χ0v) is 11.9. The Hall–Kier alpha value is -1.68. The zero-order valence-electron chi connectivity index (χ0n) is 11.9. The number of benzene rings is 1. The van der Waals surface area contributed by atoms with E-state index < -0.39 is 5.97 Å². The number of carboxylic acid groups (broad SMARTS) is 1. The first-order valence-corrected chi connectivity index (χ1v) is 7.17. The molecular weight excluding hydrogens is 254 g/mol. The summed E-state index contributed by atoms with van der Waals surface area (Å²) < 4.78 is 0. The Morgan fingerprint density at radius 1 is 1.20 bits per heavy atom. The van der Waals surface area contributed by atoms with Gasteiger partial charge in [-0.2, -0.15) is 0 Å². The van der Waals surface area contributed by atoms with Crippen LogP contribution in [-0.4, -0.2) is 41.4 Å². The third kappa shape index (κ3) is 3.67. The fraction of sp³-hybridized carbons (Fsp3) is 0.500. The number of hydrogen-bond acceptors (Lipinski definition) is 3. The minimum absolute atomic E-state index is 0.0260. The average molecular weight is 275 g/mol. The Kier molecular flexibility index (Phi) is 4.90. The van der Waals surface area contributed by atoms with Gasteiger partial charge in [0.05, 0.1) is 5.56 Å². The average Bonchev–Trinajstić information content (AvgIpc) is 2.46. The summed E-state index contributed by atoms with van der Waals surface area (Å²) in [5, 5.41) is 9.09. The molecule has 0 radical (unpaired) electrons. The second-order valence-corrected chi connectivity index (χ2v) is 5.41. The number of carbonyl (C=O) groups excluding carboxylic acids is 1. The van der Waals surface area contributed by atoms with Crippen molar-refractivity contribution < 1.29 is 14.7 Å². The van der Waals surface area contributed by atoms with E-state index in [-0.39, 0.29) is 11.3 Å². The van der Waals surface area contributed by atoms with E-state index in [1.165, 1.54) is 25.3 Å². The Morgan fingerprint density at radius 3 is 2.55 bits per heavy atom. The number of hydrogen-bond donors (Lipinski definition) is 1. The van der Waals surface area contributed by atoms with Gasteiger partial charge in [-0.15, -0.1) is 0 Å². The lowest BCUT2D eigenvalue weighted by molar-refractivity contribution is 0.0696. The minimum Gasteiger partial charge on any atom is -0.478 e. The Balaban J connectivity index is 1.98. The van der Waals surface area contributed by atoms with Crippen molar-refractivity contribution in [2.45, 2.75) is 32.6 Å². The van der Waals surface area contributed by atoms with Crippen molar-refractivity contribution in [3.05, 3.63) is 34.9 Å². The molecule has 2 rings (SSSR count).